The molecular formula is C17H15NO5. The third-order valence-corrected chi connectivity index (χ3v) is 3.03. The van der Waals surface area contributed by atoms with Crippen LogP contribution in [0.2, 0.25) is 0 Å². The molecule has 2 rings (SSSR count). The fourth-order valence-corrected chi connectivity index (χ4v) is 1.98. The zero-order valence-electron chi connectivity index (χ0n) is 12.6. The summed E-state index contributed by atoms with van der Waals surface area (Å²) in [5, 5.41) is 11.8. The highest BCUT2D eigenvalue weighted by atomic mass is 16.5. The molecule has 0 radical (unpaired) electrons. The predicted octanol–water partition coefficient (Wildman–Crippen LogP) is 2.87. The van der Waals surface area contributed by atoms with Crippen molar-refractivity contribution in [1.29, 1.82) is 0 Å². The average molecular weight is 313 g/mol. The summed E-state index contributed by atoms with van der Waals surface area (Å²) >= 11 is 0. The number of amides is 1. The molecule has 0 bridgehead atoms. The van der Waals surface area contributed by atoms with E-state index in [1.54, 1.807) is 19.1 Å². The Kier molecular flexibility index (Phi) is 4.75. The lowest BCUT2D eigenvalue weighted by Crippen LogP contribution is -2.15. The van der Waals surface area contributed by atoms with E-state index in [0.717, 1.165) is 5.56 Å². The van der Waals surface area contributed by atoms with Crippen molar-refractivity contribution in [3.05, 3.63) is 59.2 Å². The Labute approximate surface area is 132 Å². The maximum Gasteiger partial charge on any atom is 0.337 e. The topological polar surface area (TPSA) is 92.7 Å². The molecule has 0 fully saturated rings. The van der Waals surface area contributed by atoms with Gasteiger partial charge in [-0.25, -0.2) is 4.79 Å². The zero-order valence-corrected chi connectivity index (χ0v) is 12.6. The van der Waals surface area contributed by atoms with Crippen LogP contribution in [-0.4, -0.2) is 23.0 Å². The third-order valence-electron chi connectivity index (χ3n) is 3.03. The van der Waals surface area contributed by atoms with Crippen molar-refractivity contribution in [3.8, 4) is 5.75 Å². The van der Waals surface area contributed by atoms with Gasteiger partial charge in [0.25, 0.3) is 5.91 Å². The van der Waals surface area contributed by atoms with E-state index < -0.39 is 17.8 Å². The monoisotopic (exact) mass is 313 g/mol. The van der Waals surface area contributed by atoms with E-state index in [9.17, 15) is 19.5 Å². The van der Waals surface area contributed by atoms with E-state index in [4.69, 9.17) is 4.74 Å². The highest BCUT2D eigenvalue weighted by molar-refractivity contribution is 6.07. The maximum absolute atomic E-state index is 12.2. The van der Waals surface area contributed by atoms with Crippen LogP contribution in [0.3, 0.4) is 0 Å². The molecule has 0 aliphatic rings. The van der Waals surface area contributed by atoms with Crippen LogP contribution in [0.1, 0.15) is 33.2 Å². The van der Waals surface area contributed by atoms with E-state index in [-0.39, 0.29) is 11.3 Å². The first kappa shape index (κ1) is 16.2. The maximum atomic E-state index is 12.2. The van der Waals surface area contributed by atoms with E-state index in [0.29, 0.717) is 11.3 Å². The van der Waals surface area contributed by atoms with Gasteiger partial charge in [0, 0.05) is 12.5 Å². The number of anilines is 1. The van der Waals surface area contributed by atoms with Crippen molar-refractivity contribution >= 4 is 23.5 Å². The van der Waals surface area contributed by atoms with Crippen molar-refractivity contribution in [3.63, 3.8) is 0 Å². The minimum atomic E-state index is -1.12. The van der Waals surface area contributed by atoms with Gasteiger partial charge in [-0.2, -0.15) is 0 Å². The van der Waals surface area contributed by atoms with Crippen LogP contribution in [0.5, 0.6) is 5.75 Å². The number of nitrogens with one attached hydrogen (secondary N) is 1. The summed E-state index contributed by atoms with van der Waals surface area (Å²) < 4.78 is 4.88. The number of carboxylic acid groups (broad SMARTS) is 1. The van der Waals surface area contributed by atoms with Gasteiger partial charge in [0.1, 0.15) is 5.75 Å². The van der Waals surface area contributed by atoms with Crippen LogP contribution < -0.4 is 10.1 Å². The van der Waals surface area contributed by atoms with Crippen molar-refractivity contribution in [2.24, 2.45) is 0 Å². The number of ether oxygens (including phenoxy) is 1. The molecule has 2 aromatic rings. The van der Waals surface area contributed by atoms with Crippen LogP contribution in [0.15, 0.2) is 42.5 Å². The molecule has 2 N–H and O–H groups in total. The number of carbonyl (C=O) groups is 3. The average Bonchev–Trinajstić information content (AvgIpc) is 2.49. The first-order valence-corrected chi connectivity index (χ1v) is 6.80. The first-order valence-electron chi connectivity index (χ1n) is 6.80. The van der Waals surface area contributed by atoms with E-state index in [1.165, 1.54) is 37.3 Å². The molecule has 0 unspecified atom stereocenters. The third kappa shape index (κ3) is 4.16. The molecule has 2 aromatic carbocycles. The second kappa shape index (κ2) is 6.74. The Balaban J connectivity index is 2.19. The van der Waals surface area contributed by atoms with Gasteiger partial charge in [-0.05, 0) is 43.3 Å². The van der Waals surface area contributed by atoms with Crippen LogP contribution in [-0.2, 0) is 4.79 Å². The van der Waals surface area contributed by atoms with Crippen LogP contribution in [0.4, 0.5) is 5.69 Å². The van der Waals surface area contributed by atoms with Gasteiger partial charge in [0.15, 0.2) is 0 Å². The molecule has 0 aliphatic heterocycles. The summed E-state index contributed by atoms with van der Waals surface area (Å²) in [6.07, 6.45) is 0. The largest absolute Gasteiger partial charge is 0.478 e. The van der Waals surface area contributed by atoms with Gasteiger partial charge < -0.3 is 15.2 Å². The Morgan fingerprint density at radius 2 is 1.70 bits per heavy atom. The summed E-state index contributed by atoms with van der Waals surface area (Å²) in [4.78, 5) is 34.3. The predicted molar refractivity (Wildman–Crippen MR) is 83.8 cm³/mol. The molecule has 0 aliphatic carbocycles. The molecular weight excluding hydrogens is 298 g/mol. The Hall–Kier alpha value is -3.15. The summed E-state index contributed by atoms with van der Waals surface area (Å²) in [7, 11) is 0. The Morgan fingerprint density at radius 3 is 2.26 bits per heavy atom. The first-order chi connectivity index (χ1) is 10.9. The molecule has 1 amide bonds. The van der Waals surface area contributed by atoms with Crippen LogP contribution >= 0.6 is 0 Å². The molecule has 6 nitrogen and oxygen atoms in total. The molecule has 0 spiro atoms. The number of hydrogen-bond acceptors (Lipinski definition) is 4. The molecule has 0 heterocycles. The molecule has 6 heteroatoms. The van der Waals surface area contributed by atoms with Crippen molar-refractivity contribution in [2.75, 3.05) is 5.32 Å². The highest BCUT2D eigenvalue weighted by Gasteiger charge is 2.14. The fraction of sp³-hybridized carbons (Fsp3) is 0.118. The molecule has 0 aromatic heterocycles. The smallest absolute Gasteiger partial charge is 0.337 e. The van der Waals surface area contributed by atoms with E-state index in [2.05, 4.69) is 5.32 Å². The number of aryl methyl sites for hydroxylation is 1. The van der Waals surface area contributed by atoms with Crippen molar-refractivity contribution in [2.45, 2.75) is 13.8 Å². The zero-order chi connectivity index (χ0) is 17.0. The van der Waals surface area contributed by atoms with Gasteiger partial charge in [-0.3, -0.25) is 9.59 Å². The summed E-state index contributed by atoms with van der Waals surface area (Å²) in [6.45, 7) is 3.05. The SMILES string of the molecule is CC(=O)Oc1ccc(C(=O)Nc2ccc(C)cc2C(=O)O)cc1. The number of hydrogen-bond donors (Lipinski definition) is 2. The minimum Gasteiger partial charge on any atom is -0.478 e. The molecule has 0 saturated carbocycles. The van der Waals surface area contributed by atoms with Gasteiger partial charge in [-0.1, -0.05) is 11.6 Å². The molecule has 0 saturated heterocycles. The fourth-order valence-electron chi connectivity index (χ4n) is 1.98. The molecule has 118 valence electrons. The summed E-state index contributed by atoms with van der Waals surface area (Å²) in [5.74, 6) is -1.69. The van der Waals surface area contributed by atoms with Gasteiger partial charge in [0.05, 0.1) is 11.3 Å². The quantitative estimate of drug-likeness (QED) is 0.669. The molecule has 0 atom stereocenters. The number of carbonyl (C=O) groups excluding carboxylic acids is 2. The lowest BCUT2D eigenvalue weighted by atomic mass is 10.1. The molecule has 23 heavy (non-hydrogen) atoms. The second-order valence-electron chi connectivity index (χ2n) is 4.93. The van der Waals surface area contributed by atoms with Gasteiger partial charge >= 0.3 is 11.9 Å². The summed E-state index contributed by atoms with van der Waals surface area (Å²) in [6, 6.07) is 10.7. The van der Waals surface area contributed by atoms with E-state index >= 15 is 0 Å². The second-order valence-corrected chi connectivity index (χ2v) is 4.93. The normalized spacial score (nSPS) is 10.0. The highest BCUT2D eigenvalue weighted by Crippen LogP contribution is 2.19. The summed E-state index contributed by atoms with van der Waals surface area (Å²) in [5.41, 5.74) is 1.34. The Bertz CT molecular complexity index is 765. The number of carboxylic acids is 1. The number of benzene rings is 2. The Morgan fingerprint density at radius 1 is 1.04 bits per heavy atom. The van der Waals surface area contributed by atoms with Gasteiger partial charge in [0.2, 0.25) is 0 Å². The number of aromatic carboxylic acids is 1. The van der Waals surface area contributed by atoms with E-state index in [1.807, 2.05) is 0 Å². The van der Waals surface area contributed by atoms with Crippen LogP contribution in [0, 0.1) is 6.92 Å². The van der Waals surface area contributed by atoms with Crippen molar-refractivity contribution in [1.82, 2.24) is 0 Å². The standard InChI is InChI=1S/C17H15NO5/c1-10-3-8-15(14(9-10)17(21)22)18-16(20)12-4-6-13(7-5-12)23-11(2)19/h3-9H,1-2H3,(H,18,20)(H,21,22). The van der Waals surface area contributed by atoms with Gasteiger partial charge in [-0.15, -0.1) is 0 Å². The van der Waals surface area contributed by atoms with Crippen molar-refractivity contribution < 1.29 is 24.2 Å². The number of esters is 1. The lowest BCUT2D eigenvalue weighted by molar-refractivity contribution is -0.131. The lowest BCUT2D eigenvalue weighted by Gasteiger charge is -2.10. The number of rotatable bonds is 4. The minimum absolute atomic E-state index is 0.0230. The van der Waals surface area contributed by atoms with Crippen LogP contribution in [0.25, 0.3) is 0 Å².